The zero-order valence-electron chi connectivity index (χ0n) is 12.8. The van der Waals surface area contributed by atoms with Crippen LogP contribution in [0.4, 0.5) is 5.69 Å². The first-order valence-corrected chi connectivity index (χ1v) is 7.17. The SMILES string of the molecule is CCN(c1cccc(C)c1)C(C)Oc1cccc(C)c1. The summed E-state index contributed by atoms with van der Waals surface area (Å²) in [5.41, 5.74) is 3.68. The van der Waals surface area contributed by atoms with Crippen molar-refractivity contribution in [2.75, 3.05) is 11.4 Å². The predicted octanol–water partition coefficient (Wildman–Crippen LogP) is 4.55. The summed E-state index contributed by atoms with van der Waals surface area (Å²) < 4.78 is 6.07. The minimum atomic E-state index is 0.00333. The Morgan fingerprint density at radius 1 is 1.00 bits per heavy atom. The van der Waals surface area contributed by atoms with E-state index in [9.17, 15) is 0 Å². The van der Waals surface area contributed by atoms with Crippen LogP contribution in [0.1, 0.15) is 25.0 Å². The summed E-state index contributed by atoms with van der Waals surface area (Å²) >= 11 is 0. The third-order valence-corrected chi connectivity index (χ3v) is 3.41. The van der Waals surface area contributed by atoms with Gasteiger partial charge in [-0.2, -0.15) is 0 Å². The first kappa shape index (κ1) is 14.4. The molecule has 2 aromatic rings. The van der Waals surface area contributed by atoms with Crippen molar-refractivity contribution < 1.29 is 4.74 Å². The van der Waals surface area contributed by atoms with Crippen LogP contribution in [-0.4, -0.2) is 12.8 Å². The third kappa shape index (κ3) is 3.53. The summed E-state index contributed by atoms with van der Waals surface area (Å²) in [6.07, 6.45) is 0.00333. The summed E-state index contributed by atoms with van der Waals surface area (Å²) in [5.74, 6) is 0.920. The maximum atomic E-state index is 6.07. The molecule has 1 unspecified atom stereocenters. The smallest absolute Gasteiger partial charge is 0.169 e. The molecule has 0 fully saturated rings. The van der Waals surface area contributed by atoms with Gasteiger partial charge in [-0.1, -0.05) is 24.3 Å². The average Bonchev–Trinajstić information content (AvgIpc) is 2.39. The minimum absolute atomic E-state index is 0.00333. The van der Waals surface area contributed by atoms with Crippen LogP contribution in [0.15, 0.2) is 48.5 Å². The van der Waals surface area contributed by atoms with Crippen LogP contribution >= 0.6 is 0 Å². The molecule has 0 N–H and O–H groups in total. The van der Waals surface area contributed by atoms with Crippen molar-refractivity contribution in [3.63, 3.8) is 0 Å². The van der Waals surface area contributed by atoms with Gasteiger partial charge in [0.15, 0.2) is 6.23 Å². The van der Waals surface area contributed by atoms with E-state index in [0.717, 1.165) is 12.3 Å². The number of hydrogen-bond donors (Lipinski definition) is 0. The Labute approximate surface area is 122 Å². The second-order valence-electron chi connectivity index (χ2n) is 5.16. The fourth-order valence-electron chi connectivity index (χ4n) is 2.41. The van der Waals surface area contributed by atoms with Crippen LogP contribution in [0.5, 0.6) is 5.75 Å². The lowest BCUT2D eigenvalue weighted by atomic mass is 10.2. The molecule has 2 aromatic carbocycles. The van der Waals surface area contributed by atoms with E-state index in [1.54, 1.807) is 0 Å². The molecule has 20 heavy (non-hydrogen) atoms. The van der Waals surface area contributed by atoms with E-state index in [4.69, 9.17) is 4.74 Å². The van der Waals surface area contributed by atoms with Gasteiger partial charge in [-0.05, 0) is 63.1 Å². The highest BCUT2D eigenvalue weighted by atomic mass is 16.5. The Kier molecular flexibility index (Phi) is 4.67. The van der Waals surface area contributed by atoms with Gasteiger partial charge in [-0.3, -0.25) is 0 Å². The summed E-state index contributed by atoms with van der Waals surface area (Å²) in [7, 11) is 0. The van der Waals surface area contributed by atoms with Crippen LogP contribution in [0.25, 0.3) is 0 Å². The van der Waals surface area contributed by atoms with Crippen molar-refractivity contribution in [3.8, 4) is 5.75 Å². The van der Waals surface area contributed by atoms with Crippen molar-refractivity contribution in [2.45, 2.75) is 33.9 Å². The fraction of sp³-hybridized carbons (Fsp3) is 0.333. The number of nitrogens with zero attached hydrogens (tertiary/aromatic N) is 1. The van der Waals surface area contributed by atoms with E-state index in [1.807, 2.05) is 12.1 Å². The summed E-state index contributed by atoms with van der Waals surface area (Å²) in [6.45, 7) is 9.35. The molecule has 0 bridgehead atoms. The van der Waals surface area contributed by atoms with E-state index in [-0.39, 0.29) is 6.23 Å². The van der Waals surface area contributed by atoms with Crippen LogP contribution in [-0.2, 0) is 0 Å². The zero-order valence-corrected chi connectivity index (χ0v) is 12.8. The van der Waals surface area contributed by atoms with E-state index >= 15 is 0 Å². The molecule has 1 atom stereocenters. The van der Waals surface area contributed by atoms with Gasteiger partial charge in [0.1, 0.15) is 5.75 Å². The summed E-state index contributed by atoms with van der Waals surface area (Å²) in [5, 5.41) is 0. The van der Waals surface area contributed by atoms with Gasteiger partial charge in [-0.15, -0.1) is 0 Å². The summed E-state index contributed by atoms with van der Waals surface area (Å²) in [6, 6.07) is 16.7. The number of benzene rings is 2. The minimum Gasteiger partial charge on any atom is -0.471 e. The van der Waals surface area contributed by atoms with Crippen molar-refractivity contribution >= 4 is 5.69 Å². The molecule has 0 amide bonds. The molecule has 0 saturated heterocycles. The summed E-state index contributed by atoms with van der Waals surface area (Å²) in [4.78, 5) is 2.26. The molecular weight excluding hydrogens is 246 g/mol. The molecule has 0 aliphatic carbocycles. The third-order valence-electron chi connectivity index (χ3n) is 3.41. The van der Waals surface area contributed by atoms with Crippen molar-refractivity contribution in [2.24, 2.45) is 0 Å². The first-order valence-electron chi connectivity index (χ1n) is 7.17. The quantitative estimate of drug-likeness (QED) is 0.738. The van der Waals surface area contributed by atoms with Crippen LogP contribution in [0, 0.1) is 13.8 Å². The van der Waals surface area contributed by atoms with E-state index in [2.05, 4.69) is 69.0 Å². The second kappa shape index (κ2) is 6.47. The van der Waals surface area contributed by atoms with Gasteiger partial charge < -0.3 is 9.64 Å². The molecule has 0 heterocycles. The molecule has 2 heteroatoms. The molecule has 0 spiro atoms. The molecule has 106 valence electrons. The average molecular weight is 269 g/mol. The van der Waals surface area contributed by atoms with Gasteiger partial charge in [0.05, 0.1) is 0 Å². The normalized spacial score (nSPS) is 12.0. The highest BCUT2D eigenvalue weighted by Crippen LogP contribution is 2.21. The van der Waals surface area contributed by atoms with Gasteiger partial charge in [0.2, 0.25) is 0 Å². The lowest BCUT2D eigenvalue weighted by Crippen LogP contribution is -2.37. The first-order chi connectivity index (χ1) is 9.60. The lowest BCUT2D eigenvalue weighted by molar-refractivity contribution is 0.216. The van der Waals surface area contributed by atoms with Crippen molar-refractivity contribution in [1.82, 2.24) is 0 Å². The monoisotopic (exact) mass is 269 g/mol. The Morgan fingerprint density at radius 3 is 2.25 bits per heavy atom. The molecule has 0 aliphatic rings. The van der Waals surface area contributed by atoms with Gasteiger partial charge in [-0.25, -0.2) is 0 Å². The van der Waals surface area contributed by atoms with Gasteiger partial charge >= 0.3 is 0 Å². The molecular formula is C18H23NO. The lowest BCUT2D eigenvalue weighted by Gasteiger charge is -2.30. The fourth-order valence-corrected chi connectivity index (χ4v) is 2.41. The van der Waals surface area contributed by atoms with E-state index < -0.39 is 0 Å². The Balaban J connectivity index is 2.15. The maximum Gasteiger partial charge on any atom is 0.169 e. The predicted molar refractivity (Wildman–Crippen MR) is 85.5 cm³/mol. The molecule has 0 saturated carbocycles. The Hall–Kier alpha value is -1.96. The van der Waals surface area contributed by atoms with E-state index in [1.165, 1.54) is 16.8 Å². The second-order valence-corrected chi connectivity index (χ2v) is 5.16. The van der Waals surface area contributed by atoms with Gasteiger partial charge in [0, 0.05) is 12.2 Å². The van der Waals surface area contributed by atoms with Crippen molar-refractivity contribution in [3.05, 3.63) is 59.7 Å². The number of ether oxygens (including phenoxy) is 1. The van der Waals surface area contributed by atoms with Gasteiger partial charge in [0.25, 0.3) is 0 Å². The van der Waals surface area contributed by atoms with Crippen molar-refractivity contribution in [1.29, 1.82) is 0 Å². The molecule has 0 aliphatic heterocycles. The Morgan fingerprint density at radius 2 is 1.65 bits per heavy atom. The molecule has 2 nitrogen and oxygen atoms in total. The number of rotatable bonds is 5. The maximum absolute atomic E-state index is 6.07. The van der Waals surface area contributed by atoms with Crippen LogP contribution in [0.2, 0.25) is 0 Å². The standard InChI is InChI=1S/C18H23NO/c1-5-19(17-10-6-8-14(2)12-17)16(4)20-18-11-7-9-15(3)13-18/h6-13,16H,5H2,1-4H3. The molecule has 0 radical (unpaired) electrons. The number of anilines is 1. The van der Waals surface area contributed by atoms with Crippen LogP contribution in [0.3, 0.4) is 0 Å². The topological polar surface area (TPSA) is 12.5 Å². The Bertz CT molecular complexity index is 565. The number of aryl methyl sites for hydroxylation is 2. The van der Waals surface area contributed by atoms with Crippen LogP contribution < -0.4 is 9.64 Å². The zero-order chi connectivity index (χ0) is 14.5. The highest BCUT2D eigenvalue weighted by Gasteiger charge is 2.14. The largest absolute Gasteiger partial charge is 0.471 e. The molecule has 0 aromatic heterocycles. The van der Waals surface area contributed by atoms with E-state index in [0.29, 0.717) is 0 Å². The number of hydrogen-bond acceptors (Lipinski definition) is 2. The highest BCUT2D eigenvalue weighted by molar-refractivity contribution is 5.49. The molecule has 2 rings (SSSR count).